The predicted octanol–water partition coefficient (Wildman–Crippen LogP) is 3.27. The number of hydrogen-bond acceptors (Lipinski definition) is 4. The molecule has 120 valence electrons. The van der Waals surface area contributed by atoms with Gasteiger partial charge in [-0.1, -0.05) is 19.1 Å². The molecule has 2 heterocycles. The van der Waals surface area contributed by atoms with Crippen LogP contribution in [0.3, 0.4) is 0 Å². The number of aromatic nitrogens is 2. The van der Waals surface area contributed by atoms with E-state index in [2.05, 4.69) is 27.1 Å². The van der Waals surface area contributed by atoms with Crippen LogP contribution in [0.4, 0.5) is 11.6 Å². The molecule has 0 saturated carbocycles. The Morgan fingerprint density at radius 1 is 1.26 bits per heavy atom. The summed E-state index contributed by atoms with van der Waals surface area (Å²) in [6.07, 6.45) is 3.94. The van der Waals surface area contributed by atoms with Crippen LogP contribution in [0.5, 0.6) is 0 Å². The second kappa shape index (κ2) is 6.77. The average molecular weight is 310 g/mol. The fourth-order valence-corrected chi connectivity index (χ4v) is 2.75. The predicted molar refractivity (Wildman–Crippen MR) is 91.8 cm³/mol. The van der Waals surface area contributed by atoms with Gasteiger partial charge in [0.05, 0.1) is 0 Å². The fraction of sp³-hybridized carbons (Fsp3) is 0.389. The SMILES string of the molecule is Cc1cccc(NC(=O)c2ccnc(N3CCC(C)CC3)n2)c1. The summed E-state index contributed by atoms with van der Waals surface area (Å²) in [4.78, 5) is 23.3. The number of benzene rings is 1. The van der Waals surface area contributed by atoms with Crippen molar-refractivity contribution in [1.29, 1.82) is 0 Å². The van der Waals surface area contributed by atoms with E-state index in [1.807, 2.05) is 31.2 Å². The Labute approximate surface area is 136 Å². The minimum atomic E-state index is -0.204. The summed E-state index contributed by atoms with van der Waals surface area (Å²) >= 11 is 0. The van der Waals surface area contributed by atoms with Crippen molar-refractivity contribution in [3.8, 4) is 0 Å². The Balaban J connectivity index is 1.72. The Morgan fingerprint density at radius 2 is 2.04 bits per heavy atom. The van der Waals surface area contributed by atoms with Gasteiger partial charge in [0.2, 0.25) is 5.95 Å². The van der Waals surface area contributed by atoms with Crippen LogP contribution in [0.15, 0.2) is 36.5 Å². The maximum absolute atomic E-state index is 12.4. The van der Waals surface area contributed by atoms with E-state index in [1.54, 1.807) is 12.3 Å². The van der Waals surface area contributed by atoms with Crippen LogP contribution in [-0.2, 0) is 0 Å². The van der Waals surface area contributed by atoms with Crippen molar-refractivity contribution in [3.63, 3.8) is 0 Å². The molecule has 1 amide bonds. The van der Waals surface area contributed by atoms with Crippen LogP contribution in [0, 0.1) is 12.8 Å². The Kier molecular flexibility index (Phi) is 4.55. The molecule has 0 atom stereocenters. The molecule has 0 aliphatic carbocycles. The topological polar surface area (TPSA) is 58.1 Å². The minimum absolute atomic E-state index is 0.204. The summed E-state index contributed by atoms with van der Waals surface area (Å²) in [6, 6.07) is 9.38. The van der Waals surface area contributed by atoms with Gasteiger partial charge < -0.3 is 10.2 Å². The van der Waals surface area contributed by atoms with Crippen molar-refractivity contribution in [1.82, 2.24) is 9.97 Å². The third kappa shape index (κ3) is 3.86. The van der Waals surface area contributed by atoms with Crippen LogP contribution in [-0.4, -0.2) is 29.0 Å². The van der Waals surface area contributed by atoms with Crippen LogP contribution in [0.1, 0.15) is 35.8 Å². The molecule has 1 aliphatic heterocycles. The normalized spacial score (nSPS) is 15.5. The van der Waals surface area contributed by atoms with Gasteiger partial charge in [-0.25, -0.2) is 9.97 Å². The molecule has 1 N–H and O–H groups in total. The zero-order valence-electron chi connectivity index (χ0n) is 13.6. The molecule has 1 saturated heterocycles. The number of aryl methyl sites for hydroxylation is 1. The zero-order chi connectivity index (χ0) is 16.2. The molecular weight excluding hydrogens is 288 g/mol. The molecule has 0 radical (unpaired) electrons. The Bertz CT molecular complexity index is 693. The number of piperidine rings is 1. The molecule has 5 nitrogen and oxygen atoms in total. The van der Waals surface area contributed by atoms with Crippen molar-refractivity contribution in [2.24, 2.45) is 5.92 Å². The Morgan fingerprint density at radius 3 is 2.78 bits per heavy atom. The van der Waals surface area contributed by atoms with Gasteiger partial charge in [0.15, 0.2) is 0 Å². The molecular formula is C18H22N4O. The van der Waals surface area contributed by atoms with Crippen molar-refractivity contribution in [2.75, 3.05) is 23.3 Å². The van der Waals surface area contributed by atoms with E-state index in [1.165, 1.54) is 0 Å². The van der Waals surface area contributed by atoms with Crippen LogP contribution < -0.4 is 10.2 Å². The number of hydrogen-bond donors (Lipinski definition) is 1. The van der Waals surface area contributed by atoms with E-state index in [4.69, 9.17) is 0 Å². The first-order chi connectivity index (χ1) is 11.1. The lowest BCUT2D eigenvalue weighted by Crippen LogP contribution is -2.34. The van der Waals surface area contributed by atoms with Crippen LogP contribution >= 0.6 is 0 Å². The molecule has 1 fully saturated rings. The van der Waals surface area contributed by atoms with Gasteiger partial charge in [0.25, 0.3) is 5.91 Å². The van der Waals surface area contributed by atoms with E-state index in [9.17, 15) is 4.79 Å². The Hall–Kier alpha value is -2.43. The highest BCUT2D eigenvalue weighted by Crippen LogP contribution is 2.20. The lowest BCUT2D eigenvalue weighted by atomic mass is 10.00. The average Bonchev–Trinajstić information content (AvgIpc) is 2.56. The molecule has 0 bridgehead atoms. The zero-order valence-corrected chi connectivity index (χ0v) is 13.6. The number of anilines is 2. The van der Waals surface area contributed by atoms with Gasteiger partial charge in [-0.05, 0) is 49.4 Å². The number of amides is 1. The molecule has 2 aromatic rings. The maximum atomic E-state index is 12.4. The third-order valence-electron chi connectivity index (χ3n) is 4.22. The molecule has 5 heteroatoms. The summed E-state index contributed by atoms with van der Waals surface area (Å²) in [7, 11) is 0. The summed E-state index contributed by atoms with van der Waals surface area (Å²) in [5, 5.41) is 2.89. The minimum Gasteiger partial charge on any atom is -0.341 e. The highest BCUT2D eigenvalue weighted by molar-refractivity contribution is 6.03. The van der Waals surface area contributed by atoms with Gasteiger partial charge in [-0.15, -0.1) is 0 Å². The van der Waals surface area contributed by atoms with Gasteiger partial charge >= 0.3 is 0 Å². The van der Waals surface area contributed by atoms with E-state index < -0.39 is 0 Å². The maximum Gasteiger partial charge on any atom is 0.274 e. The second-order valence-electron chi connectivity index (χ2n) is 6.24. The molecule has 1 aliphatic rings. The van der Waals surface area contributed by atoms with E-state index >= 15 is 0 Å². The van der Waals surface area contributed by atoms with Crippen molar-refractivity contribution in [3.05, 3.63) is 47.8 Å². The lowest BCUT2D eigenvalue weighted by Gasteiger charge is -2.30. The summed E-state index contributed by atoms with van der Waals surface area (Å²) in [5.41, 5.74) is 2.28. The highest BCUT2D eigenvalue weighted by atomic mass is 16.1. The van der Waals surface area contributed by atoms with Crippen molar-refractivity contribution < 1.29 is 4.79 Å². The lowest BCUT2D eigenvalue weighted by molar-refractivity contribution is 0.102. The summed E-state index contributed by atoms with van der Waals surface area (Å²) < 4.78 is 0. The largest absolute Gasteiger partial charge is 0.341 e. The van der Waals surface area contributed by atoms with Gasteiger partial charge in [0.1, 0.15) is 5.69 Å². The first-order valence-electron chi connectivity index (χ1n) is 8.08. The molecule has 1 aromatic carbocycles. The number of nitrogens with one attached hydrogen (secondary N) is 1. The number of carbonyl (C=O) groups is 1. The smallest absolute Gasteiger partial charge is 0.274 e. The molecule has 3 rings (SSSR count). The summed E-state index contributed by atoms with van der Waals surface area (Å²) in [6.45, 7) is 6.16. The molecule has 0 unspecified atom stereocenters. The summed E-state index contributed by atoms with van der Waals surface area (Å²) in [5.74, 6) is 1.19. The first kappa shape index (κ1) is 15.5. The number of rotatable bonds is 3. The van der Waals surface area contributed by atoms with Crippen molar-refractivity contribution >= 4 is 17.5 Å². The highest BCUT2D eigenvalue weighted by Gasteiger charge is 2.19. The van der Waals surface area contributed by atoms with Gasteiger partial charge in [-0.3, -0.25) is 4.79 Å². The van der Waals surface area contributed by atoms with E-state index in [0.717, 1.165) is 43.1 Å². The van der Waals surface area contributed by atoms with E-state index in [-0.39, 0.29) is 5.91 Å². The van der Waals surface area contributed by atoms with Crippen molar-refractivity contribution in [2.45, 2.75) is 26.7 Å². The molecule has 1 aromatic heterocycles. The first-order valence-corrected chi connectivity index (χ1v) is 8.08. The van der Waals surface area contributed by atoms with Crippen LogP contribution in [0.2, 0.25) is 0 Å². The fourth-order valence-electron chi connectivity index (χ4n) is 2.75. The van der Waals surface area contributed by atoms with Gasteiger partial charge in [-0.2, -0.15) is 0 Å². The van der Waals surface area contributed by atoms with E-state index in [0.29, 0.717) is 11.6 Å². The third-order valence-corrected chi connectivity index (χ3v) is 4.22. The molecule has 23 heavy (non-hydrogen) atoms. The molecule has 0 spiro atoms. The quantitative estimate of drug-likeness (QED) is 0.945. The van der Waals surface area contributed by atoms with Gasteiger partial charge in [0, 0.05) is 25.0 Å². The standard InChI is InChI=1S/C18H22N4O/c1-13-7-10-22(11-8-13)18-19-9-6-16(21-18)17(23)20-15-5-3-4-14(2)12-15/h3-6,9,12-13H,7-8,10-11H2,1-2H3,(H,20,23). The number of nitrogens with zero attached hydrogens (tertiary/aromatic N) is 3. The van der Waals surface area contributed by atoms with Crippen LogP contribution in [0.25, 0.3) is 0 Å². The second-order valence-corrected chi connectivity index (χ2v) is 6.24. The monoisotopic (exact) mass is 310 g/mol. The number of carbonyl (C=O) groups excluding carboxylic acids is 1.